The van der Waals surface area contributed by atoms with Crippen LogP contribution in [0.5, 0.6) is 6.01 Å². The second-order valence-corrected chi connectivity index (χ2v) is 10.3. The highest BCUT2D eigenvalue weighted by Gasteiger charge is 2.26. The van der Waals surface area contributed by atoms with Gasteiger partial charge in [0.2, 0.25) is 5.91 Å². The number of rotatable bonds is 7. The Balaban J connectivity index is 0.000000384. The predicted molar refractivity (Wildman–Crippen MR) is 166 cm³/mol. The number of aryl methyl sites for hydroxylation is 1. The first kappa shape index (κ1) is 31.2. The molecule has 0 saturated carbocycles. The predicted octanol–water partition coefficient (Wildman–Crippen LogP) is 3.74. The molecule has 4 heterocycles. The minimum atomic E-state index is 0. The van der Waals surface area contributed by atoms with Crippen LogP contribution < -0.4 is 15.4 Å². The third kappa shape index (κ3) is 6.69. The zero-order valence-corrected chi connectivity index (χ0v) is 25.5. The summed E-state index contributed by atoms with van der Waals surface area (Å²) in [6.45, 7) is 16.4. The average molecular weight is 569 g/mol. The fourth-order valence-corrected chi connectivity index (χ4v) is 5.43. The number of H-pyrrole nitrogens is 1. The van der Waals surface area contributed by atoms with Gasteiger partial charge in [-0.05, 0) is 83.8 Å². The van der Waals surface area contributed by atoms with E-state index in [1.165, 1.54) is 29.3 Å². The first-order valence-electron chi connectivity index (χ1n) is 13.8. The number of fused-ring (bicyclic) bond motifs is 2. The molecule has 0 radical (unpaired) electrons. The Bertz CT molecular complexity index is 1320. The minimum Gasteiger partial charge on any atom is -0.462 e. The number of hydrogen-bond donors (Lipinski definition) is 2. The van der Waals surface area contributed by atoms with Crippen LogP contribution in [-0.2, 0) is 17.8 Å². The van der Waals surface area contributed by atoms with E-state index in [2.05, 4.69) is 58.5 Å². The number of anilines is 2. The normalized spacial score (nSPS) is 16.5. The topological polar surface area (TPSA) is 116 Å². The molecular formula is C29H44N8O2S. The Morgan fingerprint density at radius 1 is 1.27 bits per heavy atom. The van der Waals surface area contributed by atoms with Crippen LogP contribution in [0.2, 0.25) is 0 Å². The van der Waals surface area contributed by atoms with Gasteiger partial charge in [-0.15, -0.1) is 0 Å². The van der Waals surface area contributed by atoms with Crippen molar-refractivity contribution in [3.8, 4) is 6.01 Å². The number of likely N-dealkylation sites (tertiary alicyclic amines) is 1. The van der Waals surface area contributed by atoms with Gasteiger partial charge >= 0.3 is 6.01 Å². The lowest BCUT2D eigenvalue weighted by atomic mass is 9.99. The molecule has 2 aliphatic rings. The van der Waals surface area contributed by atoms with Crippen LogP contribution in [0.3, 0.4) is 0 Å². The van der Waals surface area contributed by atoms with Crippen LogP contribution in [0.25, 0.3) is 10.9 Å². The van der Waals surface area contributed by atoms with Gasteiger partial charge in [0.05, 0.1) is 29.6 Å². The number of ether oxygens (including phenoxy) is 1. The highest BCUT2D eigenvalue weighted by Crippen LogP contribution is 2.35. The van der Waals surface area contributed by atoms with E-state index in [1.54, 1.807) is 4.90 Å². The number of nitrogens with one attached hydrogen (secondary N) is 1. The molecule has 0 unspecified atom stereocenters. The van der Waals surface area contributed by atoms with Gasteiger partial charge in [0, 0.05) is 36.6 Å². The van der Waals surface area contributed by atoms with E-state index in [9.17, 15) is 4.79 Å². The molecule has 1 atom stereocenters. The average Bonchev–Trinajstić information content (AvgIpc) is 3.57. The number of carbonyl (C=O) groups excluding carboxylic acids is 1. The lowest BCUT2D eigenvalue weighted by Gasteiger charge is -2.32. The van der Waals surface area contributed by atoms with Crippen molar-refractivity contribution < 1.29 is 9.53 Å². The fourth-order valence-electron chi connectivity index (χ4n) is 5.43. The van der Waals surface area contributed by atoms with Crippen LogP contribution in [0.15, 0.2) is 24.9 Å². The van der Waals surface area contributed by atoms with Gasteiger partial charge < -0.3 is 25.2 Å². The summed E-state index contributed by atoms with van der Waals surface area (Å²) < 4.78 is 5.97. The molecule has 1 saturated heterocycles. The molecule has 0 bridgehead atoms. The molecule has 3 N–H and O–H groups in total. The van der Waals surface area contributed by atoms with Gasteiger partial charge in [0.1, 0.15) is 12.4 Å². The van der Waals surface area contributed by atoms with Crippen molar-refractivity contribution in [1.29, 1.82) is 0 Å². The lowest BCUT2D eigenvalue weighted by molar-refractivity contribution is -0.125. The first-order valence-corrected chi connectivity index (χ1v) is 13.8. The molecule has 5 rings (SSSR count). The molecule has 11 heteroatoms. The molecule has 10 nitrogen and oxygen atoms in total. The Morgan fingerprint density at radius 2 is 2.02 bits per heavy atom. The highest BCUT2D eigenvalue weighted by atomic mass is 32.1. The van der Waals surface area contributed by atoms with Crippen LogP contribution in [0.1, 0.15) is 49.1 Å². The van der Waals surface area contributed by atoms with Crippen LogP contribution in [-0.4, -0.2) is 81.7 Å². The molecular weight excluding hydrogens is 524 g/mol. The molecule has 2 aliphatic heterocycles. The standard InChI is InChI=1S/C22H29N7O.C7H13NO.H2S/c1-13-9-18-17(10-24-27-18)20(14(13)2)29-8-6-16-19(11-29)25-22(26-21(16)23)30-12-15-5-4-7-28(15)3;1-4-7(9)8(5-2)6-3;/h9-10,15H,4-8,11-12H2,1-3H3,(H,24,27)(H2,23,25,26);4H,1,5-6H2,2-3H3;1H2/t15-;;/m0../s1. The summed E-state index contributed by atoms with van der Waals surface area (Å²) in [6, 6.07) is 2.97. The highest BCUT2D eigenvalue weighted by molar-refractivity contribution is 7.59. The van der Waals surface area contributed by atoms with Crippen molar-refractivity contribution in [3.05, 3.63) is 47.3 Å². The van der Waals surface area contributed by atoms with Gasteiger partial charge in [-0.2, -0.15) is 28.6 Å². The molecule has 0 aliphatic carbocycles. The number of benzene rings is 1. The van der Waals surface area contributed by atoms with Crippen molar-refractivity contribution in [1.82, 2.24) is 30.0 Å². The molecule has 1 aromatic carbocycles. The fraction of sp³-hybridized carbons (Fsp3) is 0.517. The third-order valence-corrected chi connectivity index (χ3v) is 7.95. The van der Waals surface area contributed by atoms with E-state index in [4.69, 9.17) is 15.5 Å². The Kier molecular flexibility index (Phi) is 10.8. The Labute approximate surface area is 244 Å². The van der Waals surface area contributed by atoms with Crippen LogP contribution in [0, 0.1) is 13.8 Å². The summed E-state index contributed by atoms with van der Waals surface area (Å²) in [5.74, 6) is 0.559. The number of nitrogen functional groups attached to an aromatic ring is 1. The number of aromatic amines is 1. The second kappa shape index (κ2) is 13.8. The van der Waals surface area contributed by atoms with Crippen molar-refractivity contribution in [3.63, 3.8) is 0 Å². The van der Waals surface area contributed by atoms with Crippen molar-refractivity contribution in [2.45, 2.75) is 59.5 Å². The van der Waals surface area contributed by atoms with Gasteiger partial charge in [-0.3, -0.25) is 9.89 Å². The van der Waals surface area contributed by atoms with E-state index in [-0.39, 0.29) is 19.4 Å². The van der Waals surface area contributed by atoms with Crippen LogP contribution in [0.4, 0.5) is 11.5 Å². The molecule has 40 heavy (non-hydrogen) atoms. The summed E-state index contributed by atoms with van der Waals surface area (Å²) in [5.41, 5.74) is 13.1. The molecule has 0 spiro atoms. The molecule has 1 amide bonds. The number of aromatic nitrogens is 4. The van der Waals surface area contributed by atoms with E-state index in [1.807, 2.05) is 20.0 Å². The monoisotopic (exact) mass is 568 g/mol. The van der Waals surface area contributed by atoms with E-state index >= 15 is 0 Å². The second-order valence-electron chi connectivity index (χ2n) is 10.3. The van der Waals surface area contributed by atoms with Gasteiger partial charge in [-0.25, -0.2) is 0 Å². The largest absolute Gasteiger partial charge is 0.462 e. The Morgan fingerprint density at radius 3 is 2.65 bits per heavy atom. The summed E-state index contributed by atoms with van der Waals surface area (Å²) in [4.78, 5) is 26.4. The maximum Gasteiger partial charge on any atom is 0.318 e. The number of carbonyl (C=O) groups is 1. The van der Waals surface area contributed by atoms with Crippen molar-refractivity contribution in [2.75, 3.05) is 50.5 Å². The first-order chi connectivity index (χ1) is 18.8. The summed E-state index contributed by atoms with van der Waals surface area (Å²) in [5, 5.41) is 8.51. The summed E-state index contributed by atoms with van der Waals surface area (Å²) in [6.07, 6.45) is 6.43. The summed E-state index contributed by atoms with van der Waals surface area (Å²) in [7, 11) is 2.14. The van der Waals surface area contributed by atoms with Gasteiger partial charge in [-0.1, -0.05) is 6.58 Å². The smallest absolute Gasteiger partial charge is 0.318 e. The van der Waals surface area contributed by atoms with Crippen molar-refractivity contribution >= 4 is 41.8 Å². The number of amides is 1. The third-order valence-electron chi connectivity index (χ3n) is 7.95. The number of nitrogens with two attached hydrogens (primary N) is 1. The maximum absolute atomic E-state index is 10.8. The zero-order chi connectivity index (χ0) is 28.1. The Hall–Kier alpha value is -3.31. The SMILES string of the molecule is C=CC(=O)N(CC)CC.Cc1cc2[nH]ncc2c(N2CCc3c(N)nc(OC[C@@H]4CCCN4C)nc3C2)c1C.S. The van der Waals surface area contributed by atoms with E-state index < -0.39 is 0 Å². The number of likely N-dealkylation sites (N-methyl/N-ethyl adjacent to an activating group) is 2. The number of nitrogens with zero attached hydrogens (tertiary/aromatic N) is 6. The lowest BCUT2D eigenvalue weighted by Crippen LogP contribution is -2.33. The van der Waals surface area contributed by atoms with E-state index in [0.29, 0.717) is 31.0 Å². The van der Waals surface area contributed by atoms with Gasteiger partial charge in [0.25, 0.3) is 0 Å². The molecule has 3 aromatic rings. The molecule has 2 aromatic heterocycles. The van der Waals surface area contributed by atoms with Gasteiger partial charge in [0.15, 0.2) is 0 Å². The molecule has 1 fully saturated rings. The molecule has 218 valence electrons. The van der Waals surface area contributed by atoms with Crippen molar-refractivity contribution in [2.24, 2.45) is 0 Å². The zero-order valence-electron chi connectivity index (χ0n) is 24.5. The maximum atomic E-state index is 10.8. The summed E-state index contributed by atoms with van der Waals surface area (Å²) >= 11 is 0. The van der Waals surface area contributed by atoms with E-state index in [0.717, 1.165) is 61.2 Å². The van der Waals surface area contributed by atoms with Crippen LogP contribution >= 0.6 is 13.5 Å². The number of hydrogen-bond acceptors (Lipinski definition) is 8. The quantitative estimate of drug-likeness (QED) is 0.414. The minimum absolute atomic E-state index is 0.